The maximum Gasteiger partial charge on any atom is 0.122 e. The van der Waals surface area contributed by atoms with Gasteiger partial charge < -0.3 is 14.7 Å². The molecule has 0 radical (unpaired) electrons. The lowest BCUT2D eigenvalue weighted by Gasteiger charge is -2.35. The molecule has 1 aliphatic heterocycles. The molecule has 0 amide bonds. The van der Waals surface area contributed by atoms with E-state index in [1.807, 2.05) is 12.1 Å². The molecule has 4 rings (SSSR count). The molecule has 2 aromatic rings. The van der Waals surface area contributed by atoms with Crippen LogP contribution in [0.15, 0.2) is 48.5 Å². The summed E-state index contributed by atoms with van der Waals surface area (Å²) >= 11 is 0. The van der Waals surface area contributed by atoms with Gasteiger partial charge in [-0.05, 0) is 79.8 Å². The highest BCUT2D eigenvalue weighted by atomic mass is 16.5. The first-order chi connectivity index (χ1) is 13.2. The van der Waals surface area contributed by atoms with Gasteiger partial charge in [-0.25, -0.2) is 0 Å². The number of rotatable bonds is 4. The Bertz CT molecular complexity index is 752. The fourth-order valence-electron chi connectivity index (χ4n) is 4.97. The van der Waals surface area contributed by atoms with Crippen molar-refractivity contribution >= 4 is 0 Å². The number of ether oxygens (including phenoxy) is 1. The Balaban J connectivity index is 1.33. The number of aliphatic hydroxyl groups excluding tert-OH is 1. The smallest absolute Gasteiger partial charge is 0.122 e. The molecule has 0 saturated carbocycles. The quantitative estimate of drug-likeness (QED) is 0.806. The predicted octanol–water partition coefficient (Wildman–Crippen LogP) is 4.56. The molecule has 27 heavy (non-hydrogen) atoms. The molecule has 3 nitrogen and oxygen atoms in total. The van der Waals surface area contributed by atoms with Crippen molar-refractivity contribution in [1.29, 1.82) is 0 Å². The van der Waals surface area contributed by atoms with Crippen molar-refractivity contribution in [2.45, 2.75) is 44.1 Å². The number of para-hydroxylation sites is 1. The lowest BCUT2D eigenvalue weighted by Crippen LogP contribution is -2.37. The van der Waals surface area contributed by atoms with Crippen molar-refractivity contribution in [3.05, 3.63) is 65.2 Å². The van der Waals surface area contributed by atoms with E-state index < -0.39 is 0 Å². The second kappa shape index (κ2) is 8.45. The highest BCUT2D eigenvalue weighted by molar-refractivity contribution is 5.36. The summed E-state index contributed by atoms with van der Waals surface area (Å²) in [4.78, 5) is 2.61. The van der Waals surface area contributed by atoms with Crippen LogP contribution in [-0.4, -0.2) is 36.8 Å². The van der Waals surface area contributed by atoms with E-state index in [4.69, 9.17) is 4.74 Å². The van der Waals surface area contributed by atoms with Gasteiger partial charge in [0.2, 0.25) is 0 Å². The Hall–Kier alpha value is -1.84. The van der Waals surface area contributed by atoms with Gasteiger partial charge in [0.1, 0.15) is 5.75 Å². The topological polar surface area (TPSA) is 32.7 Å². The second-order valence-electron chi connectivity index (χ2n) is 8.17. The first-order valence-corrected chi connectivity index (χ1v) is 10.4. The standard InChI is InChI=1S/C24H31NO2/c1-27-24-9-5-4-8-22(24)20-12-14-25(15-13-20)17-18-10-11-19-6-2-3-7-21(19)23(26)16-18/h2-9,18,20,23,26H,10-17H2,1H3/t18-,23-/m1/s1. The minimum Gasteiger partial charge on any atom is -0.496 e. The minimum atomic E-state index is -0.306. The van der Waals surface area contributed by atoms with Crippen LogP contribution in [0.1, 0.15) is 54.4 Å². The van der Waals surface area contributed by atoms with Crippen LogP contribution >= 0.6 is 0 Å². The highest BCUT2D eigenvalue weighted by Gasteiger charge is 2.27. The van der Waals surface area contributed by atoms with Gasteiger partial charge in [0.25, 0.3) is 0 Å². The van der Waals surface area contributed by atoms with Gasteiger partial charge >= 0.3 is 0 Å². The van der Waals surface area contributed by atoms with Crippen LogP contribution in [0.5, 0.6) is 5.75 Å². The Morgan fingerprint density at radius 2 is 1.67 bits per heavy atom. The lowest BCUT2D eigenvalue weighted by atomic mass is 9.88. The van der Waals surface area contributed by atoms with Crippen LogP contribution in [-0.2, 0) is 6.42 Å². The van der Waals surface area contributed by atoms with Crippen molar-refractivity contribution in [1.82, 2.24) is 4.90 Å². The first kappa shape index (κ1) is 18.5. The van der Waals surface area contributed by atoms with Crippen LogP contribution < -0.4 is 4.74 Å². The summed E-state index contributed by atoms with van der Waals surface area (Å²) in [6.07, 6.45) is 5.24. The first-order valence-electron chi connectivity index (χ1n) is 10.4. The Kier molecular flexibility index (Phi) is 5.80. The number of aryl methyl sites for hydroxylation is 1. The summed E-state index contributed by atoms with van der Waals surface area (Å²) in [5.41, 5.74) is 3.84. The van der Waals surface area contributed by atoms with Crippen LogP contribution in [0.4, 0.5) is 0 Å². The monoisotopic (exact) mass is 365 g/mol. The Labute approximate surface area is 163 Å². The van der Waals surface area contributed by atoms with Crippen molar-refractivity contribution < 1.29 is 9.84 Å². The number of methoxy groups -OCH3 is 1. The van der Waals surface area contributed by atoms with E-state index in [-0.39, 0.29) is 6.10 Å². The fourth-order valence-corrected chi connectivity index (χ4v) is 4.97. The van der Waals surface area contributed by atoms with Crippen LogP contribution in [0.2, 0.25) is 0 Å². The largest absolute Gasteiger partial charge is 0.496 e. The van der Waals surface area contributed by atoms with Crippen molar-refractivity contribution in [2.75, 3.05) is 26.7 Å². The molecule has 1 aliphatic carbocycles. The summed E-state index contributed by atoms with van der Waals surface area (Å²) < 4.78 is 5.56. The van der Waals surface area contributed by atoms with Crippen molar-refractivity contribution in [3.8, 4) is 5.75 Å². The molecule has 1 fully saturated rings. The molecule has 0 spiro atoms. The van der Waals surface area contributed by atoms with E-state index in [1.54, 1.807) is 7.11 Å². The average molecular weight is 366 g/mol. The molecule has 2 aromatic carbocycles. The van der Waals surface area contributed by atoms with Crippen LogP contribution in [0, 0.1) is 5.92 Å². The van der Waals surface area contributed by atoms with Gasteiger partial charge in [0.15, 0.2) is 0 Å². The zero-order chi connectivity index (χ0) is 18.6. The SMILES string of the molecule is COc1ccccc1C1CCN(C[C@@H]2CCc3ccccc3[C@H](O)C2)CC1. The maximum absolute atomic E-state index is 10.7. The maximum atomic E-state index is 10.7. The number of aliphatic hydroxyl groups is 1. The molecule has 1 saturated heterocycles. The van der Waals surface area contributed by atoms with Gasteiger partial charge in [-0.2, -0.15) is 0 Å². The third-order valence-electron chi connectivity index (χ3n) is 6.48. The highest BCUT2D eigenvalue weighted by Crippen LogP contribution is 2.36. The molecular formula is C24H31NO2. The normalized spacial score (nSPS) is 24.2. The van der Waals surface area contributed by atoms with Crippen LogP contribution in [0.3, 0.4) is 0 Å². The van der Waals surface area contributed by atoms with Crippen molar-refractivity contribution in [2.24, 2.45) is 5.92 Å². The molecule has 1 N–H and O–H groups in total. The predicted molar refractivity (Wildman–Crippen MR) is 109 cm³/mol. The Morgan fingerprint density at radius 3 is 2.44 bits per heavy atom. The molecule has 3 heteroatoms. The summed E-state index contributed by atoms with van der Waals surface area (Å²) in [6, 6.07) is 16.9. The van der Waals surface area contributed by atoms with E-state index >= 15 is 0 Å². The molecule has 1 heterocycles. The molecule has 0 aromatic heterocycles. The third-order valence-corrected chi connectivity index (χ3v) is 6.48. The number of benzene rings is 2. The van der Waals surface area contributed by atoms with Gasteiger partial charge in [-0.15, -0.1) is 0 Å². The summed E-state index contributed by atoms with van der Waals surface area (Å²) in [6.45, 7) is 3.40. The number of hydrogen-bond donors (Lipinski definition) is 1. The van der Waals surface area contributed by atoms with E-state index in [9.17, 15) is 5.11 Å². The van der Waals surface area contributed by atoms with E-state index in [0.717, 1.165) is 43.8 Å². The van der Waals surface area contributed by atoms with E-state index in [0.29, 0.717) is 11.8 Å². The zero-order valence-corrected chi connectivity index (χ0v) is 16.3. The number of nitrogens with zero attached hydrogens (tertiary/aromatic N) is 1. The number of piperidine rings is 1. The number of fused-ring (bicyclic) bond motifs is 1. The van der Waals surface area contributed by atoms with Crippen LogP contribution in [0.25, 0.3) is 0 Å². The summed E-state index contributed by atoms with van der Waals surface area (Å²) in [5.74, 6) is 2.21. The van der Waals surface area contributed by atoms with E-state index in [2.05, 4.69) is 41.3 Å². The molecular weight excluding hydrogens is 334 g/mol. The molecule has 2 aliphatic rings. The summed E-state index contributed by atoms with van der Waals surface area (Å²) in [5, 5.41) is 10.7. The number of hydrogen-bond acceptors (Lipinski definition) is 3. The fraction of sp³-hybridized carbons (Fsp3) is 0.500. The van der Waals surface area contributed by atoms with Crippen molar-refractivity contribution in [3.63, 3.8) is 0 Å². The zero-order valence-electron chi connectivity index (χ0n) is 16.3. The molecule has 0 unspecified atom stereocenters. The van der Waals surface area contributed by atoms with Gasteiger partial charge in [0.05, 0.1) is 13.2 Å². The average Bonchev–Trinajstić information content (AvgIpc) is 2.87. The lowest BCUT2D eigenvalue weighted by molar-refractivity contribution is 0.117. The molecule has 2 atom stereocenters. The molecule has 0 bridgehead atoms. The Morgan fingerprint density at radius 1 is 0.963 bits per heavy atom. The van der Waals surface area contributed by atoms with Gasteiger partial charge in [0, 0.05) is 6.54 Å². The van der Waals surface area contributed by atoms with Gasteiger partial charge in [-0.1, -0.05) is 42.5 Å². The third kappa shape index (κ3) is 4.20. The minimum absolute atomic E-state index is 0.306. The molecule has 144 valence electrons. The summed E-state index contributed by atoms with van der Waals surface area (Å²) in [7, 11) is 1.77. The van der Waals surface area contributed by atoms with Gasteiger partial charge in [-0.3, -0.25) is 0 Å². The number of likely N-dealkylation sites (tertiary alicyclic amines) is 1. The second-order valence-corrected chi connectivity index (χ2v) is 8.17. The van der Waals surface area contributed by atoms with E-state index in [1.165, 1.54) is 30.4 Å².